The lowest BCUT2D eigenvalue weighted by Gasteiger charge is -2.23. The highest BCUT2D eigenvalue weighted by Crippen LogP contribution is 2.36. The molecular formula is C22H22ClN5O3. The van der Waals surface area contributed by atoms with Crippen LogP contribution in [0, 0.1) is 0 Å². The van der Waals surface area contributed by atoms with Crippen LogP contribution in [-0.2, 0) is 19.5 Å². The molecule has 0 saturated carbocycles. The first-order chi connectivity index (χ1) is 15.2. The highest BCUT2D eigenvalue weighted by molar-refractivity contribution is 6.30. The molecule has 1 N–H and O–H groups in total. The second-order valence-corrected chi connectivity index (χ2v) is 8.00. The van der Waals surface area contributed by atoms with E-state index in [1.165, 1.54) is 6.42 Å². The lowest BCUT2D eigenvalue weighted by molar-refractivity contribution is 0.174. The SMILES string of the molecule is O=C(Nc1cccc(Cl)c1)N(Cc1nnc2n1CCCCC2)c1ccc2c(c1)OCO2. The Kier molecular flexibility index (Phi) is 5.38. The molecule has 0 aliphatic carbocycles. The standard InChI is InChI=1S/C22H22ClN5O3/c23-15-5-4-6-16(11-15)24-22(29)28(17-8-9-18-19(12-17)31-14-30-18)13-21-26-25-20-7-2-1-3-10-27(20)21/h4-6,8-9,11-12H,1-3,7,10,13-14H2,(H,24,29). The van der Waals surface area contributed by atoms with Crippen molar-refractivity contribution in [1.29, 1.82) is 0 Å². The monoisotopic (exact) mass is 439 g/mol. The zero-order valence-electron chi connectivity index (χ0n) is 16.9. The molecule has 2 amide bonds. The normalized spacial score (nSPS) is 14.6. The summed E-state index contributed by atoms with van der Waals surface area (Å²) >= 11 is 6.08. The Morgan fingerprint density at radius 2 is 2.00 bits per heavy atom. The van der Waals surface area contributed by atoms with Crippen molar-refractivity contribution in [2.24, 2.45) is 0 Å². The molecule has 1 aromatic heterocycles. The highest BCUT2D eigenvalue weighted by Gasteiger charge is 2.24. The van der Waals surface area contributed by atoms with Gasteiger partial charge >= 0.3 is 6.03 Å². The van der Waals surface area contributed by atoms with E-state index >= 15 is 0 Å². The fourth-order valence-electron chi connectivity index (χ4n) is 3.89. The Balaban J connectivity index is 1.47. The van der Waals surface area contributed by atoms with Crippen LogP contribution >= 0.6 is 11.6 Å². The molecule has 3 heterocycles. The van der Waals surface area contributed by atoms with Crippen LogP contribution in [0.3, 0.4) is 0 Å². The third kappa shape index (κ3) is 4.16. The quantitative estimate of drug-likeness (QED) is 0.641. The molecule has 2 aromatic carbocycles. The van der Waals surface area contributed by atoms with E-state index in [-0.39, 0.29) is 19.4 Å². The molecule has 31 heavy (non-hydrogen) atoms. The van der Waals surface area contributed by atoms with Crippen molar-refractivity contribution in [3.63, 3.8) is 0 Å². The van der Waals surface area contributed by atoms with Gasteiger partial charge in [0.25, 0.3) is 0 Å². The number of amides is 2. The molecule has 0 radical (unpaired) electrons. The van der Waals surface area contributed by atoms with Crippen LogP contribution in [0.2, 0.25) is 5.02 Å². The summed E-state index contributed by atoms with van der Waals surface area (Å²) in [5, 5.41) is 12.2. The third-order valence-electron chi connectivity index (χ3n) is 5.47. The number of fused-ring (bicyclic) bond motifs is 2. The number of aromatic nitrogens is 3. The van der Waals surface area contributed by atoms with Gasteiger partial charge in [0.2, 0.25) is 6.79 Å². The van der Waals surface area contributed by atoms with Crippen molar-refractivity contribution >= 4 is 29.0 Å². The first kappa shape index (κ1) is 19.7. The molecule has 5 rings (SSSR count). The number of hydrogen-bond acceptors (Lipinski definition) is 5. The minimum Gasteiger partial charge on any atom is -0.454 e. The van der Waals surface area contributed by atoms with Crippen molar-refractivity contribution in [2.45, 2.75) is 38.8 Å². The smallest absolute Gasteiger partial charge is 0.326 e. The largest absolute Gasteiger partial charge is 0.454 e. The Morgan fingerprint density at radius 1 is 1.10 bits per heavy atom. The fourth-order valence-corrected chi connectivity index (χ4v) is 4.08. The molecule has 0 bridgehead atoms. The Labute approximate surface area is 184 Å². The average molecular weight is 440 g/mol. The van der Waals surface area contributed by atoms with Gasteiger partial charge < -0.3 is 19.4 Å². The summed E-state index contributed by atoms with van der Waals surface area (Å²) in [4.78, 5) is 15.0. The predicted molar refractivity (Wildman–Crippen MR) is 117 cm³/mol. The van der Waals surface area contributed by atoms with Gasteiger partial charge in [0.1, 0.15) is 5.82 Å². The number of nitrogens with zero attached hydrogens (tertiary/aromatic N) is 4. The number of ether oxygens (including phenoxy) is 2. The zero-order chi connectivity index (χ0) is 21.2. The van der Waals surface area contributed by atoms with Gasteiger partial charge in [-0.3, -0.25) is 4.90 Å². The lowest BCUT2D eigenvalue weighted by Crippen LogP contribution is -2.35. The maximum absolute atomic E-state index is 13.3. The number of urea groups is 1. The Morgan fingerprint density at radius 3 is 2.90 bits per heavy atom. The maximum atomic E-state index is 13.3. The van der Waals surface area contributed by atoms with Gasteiger partial charge in [0, 0.05) is 35.4 Å². The second-order valence-electron chi connectivity index (χ2n) is 7.56. The molecule has 0 spiro atoms. The van der Waals surface area contributed by atoms with Gasteiger partial charge in [-0.2, -0.15) is 0 Å². The topological polar surface area (TPSA) is 81.5 Å². The van der Waals surface area contributed by atoms with E-state index in [0.29, 0.717) is 27.9 Å². The maximum Gasteiger partial charge on any atom is 0.326 e. The molecule has 2 aliphatic rings. The van der Waals surface area contributed by atoms with Crippen LogP contribution in [-0.4, -0.2) is 27.6 Å². The molecular weight excluding hydrogens is 418 g/mol. The van der Waals surface area contributed by atoms with Crippen molar-refractivity contribution in [3.8, 4) is 11.5 Å². The third-order valence-corrected chi connectivity index (χ3v) is 5.71. The summed E-state index contributed by atoms with van der Waals surface area (Å²) in [5.74, 6) is 3.01. The molecule has 3 aromatic rings. The van der Waals surface area contributed by atoms with E-state index in [0.717, 1.165) is 37.5 Å². The first-order valence-electron chi connectivity index (χ1n) is 10.3. The summed E-state index contributed by atoms with van der Waals surface area (Å²) in [6.07, 6.45) is 4.27. The zero-order valence-corrected chi connectivity index (χ0v) is 17.6. The number of hydrogen-bond donors (Lipinski definition) is 1. The molecule has 160 valence electrons. The predicted octanol–water partition coefficient (Wildman–Crippen LogP) is 4.63. The summed E-state index contributed by atoms with van der Waals surface area (Å²) < 4.78 is 13.1. The summed E-state index contributed by atoms with van der Waals surface area (Å²) in [7, 11) is 0. The average Bonchev–Trinajstić information content (AvgIpc) is 3.31. The van der Waals surface area contributed by atoms with Crippen LogP contribution in [0.4, 0.5) is 16.2 Å². The van der Waals surface area contributed by atoms with E-state index in [9.17, 15) is 4.79 Å². The van der Waals surface area contributed by atoms with Crippen LogP contribution in [0.15, 0.2) is 42.5 Å². The van der Waals surface area contributed by atoms with E-state index in [4.69, 9.17) is 21.1 Å². The Bertz CT molecular complexity index is 1120. The number of carbonyl (C=O) groups excluding carboxylic acids is 1. The van der Waals surface area contributed by atoms with Crippen molar-refractivity contribution < 1.29 is 14.3 Å². The van der Waals surface area contributed by atoms with Crippen LogP contribution in [0.5, 0.6) is 11.5 Å². The fraction of sp³-hybridized carbons (Fsp3) is 0.318. The molecule has 0 saturated heterocycles. The minimum absolute atomic E-state index is 0.172. The van der Waals surface area contributed by atoms with Crippen LogP contribution < -0.4 is 19.7 Å². The van der Waals surface area contributed by atoms with Crippen molar-refractivity contribution in [2.75, 3.05) is 17.0 Å². The highest BCUT2D eigenvalue weighted by atomic mass is 35.5. The van der Waals surface area contributed by atoms with Crippen molar-refractivity contribution in [3.05, 3.63) is 59.1 Å². The van der Waals surface area contributed by atoms with E-state index in [2.05, 4.69) is 20.1 Å². The Hall–Kier alpha value is -3.26. The van der Waals surface area contributed by atoms with Crippen LogP contribution in [0.1, 0.15) is 30.9 Å². The molecule has 8 nitrogen and oxygen atoms in total. The number of aryl methyl sites for hydroxylation is 1. The number of anilines is 2. The number of halogens is 1. The minimum atomic E-state index is -0.299. The number of nitrogens with one attached hydrogen (secondary N) is 1. The summed E-state index contributed by atoms with van der Waals surface area (Å²) in [5.41, 5.74) is 1.29. The molecule has 2 aliphatic heterocycles. The van der Waals surface area contributed by atoms with E-state index < -0.39 is 0 Å². The van der Waals surface area contributed by atoms with Crippen molar-refractivity contribution in [1.82, 2.24) is 14.8 Å². The molecule has 0 unspecified atom stereocenters. The van der Waals surface area contributed by atoms with Gasteiger partial charge in [-0.25, -0.2) is 4.79 Å². The van der Waals surface area contributed by atoms with Gasteiger partial charge in [-0.1, -0.05) is 24.1 Å². The van der Waals surface area contributed by atoms with Crippen LogP contribution in [0.25, 0.3) is 0 Å². The lowest BCUT2D eigenvalue weighted by atomic mass is 10.2. The number of rotatable bonds is 4. The van der Waals surface area contributed by atoms with Gasteiger partial charge in [0.05, 0.1) is 6.54 Å². The number of carbonyl (C=O) groups is 1. The van der Waals surface area contributed by atoms with E-state index in [1.807, 2.05) is 12.1 Å². The number of benzene rings is 2. The molecule has 9 heteroatoms. The molecule has 0 fully saturated rings. The van der Waals surface area contributed by atoms with Gasteiger partial charge in [-0.15, -0.1) is 10.2 Å². The first-order valence-corrected chi connectivity index (χ1v) is 10.7. The summed E-state index contributed by atoms with van der Waals surface area (Å²) in [6, 6.07) is 12.2. The molecule has 0 atom stereocenters. The van der Waals surface area contributed by atoms with Gasteiger partial charge in [-0.05, 0) is 43.2 Å². The second kappa shape index (κ2) is 8.47. The van der Waals surface area contributed by atoms with E-state index in [1.54, 1.807) is 35.2 Å². The summed E-state index contributed by atoms with van der Waals surface area (Å²) in [6.45, 7) is 1.31. The van der Waals surface area contributed by atoms with Gasteiger partial charge in [0.15, 0.2) is 17.3 Å².